The van der Waals surface area contributed by atoms with Gasteiger partial charge in [0.2, 0.25) is 0 Å². The summed E-state index contributed by atoms with van der Waals surface area (Å²) in [4.78, 5) is 10.8. The summed E-state index contributed by atoms with van der Waals surface area (Å²) in [5.41, 5.74) is 5.54. The van der Waals surface area contributed by atoms with Gasteiger partial charge < -0.3 is 10.8 Å². The Morgan fingerprint density at radius 2 is 2.12 bits per heavy atom. The van der Waals surface area contributed by atoms with Crippen LogP contribution in [0.5, 0.6) is 0 Å². The number of hydrogen-bond donors (Lipinski definition) is 2. The van der Waals surface area contributed by atoms with Gasteiger partial charge in [-0.15, -0.1) is 0 Å². The van der Waals surface area contributed by atoms with Gasteiger partial charge in [-0.05, 0) is 11.6 Å². The van der Waals surface area contributed by atoms with Crippen LogP contribution < -0.4 is 5.73 Å². The first kappa shape index (κ1) is 10.8. The van der Waals surface area contributed by atoms with Gasteiger partial charge in [0.15, 0.2) is 5.71 Å². The number of aliphatic carboxylic acids is 1. The third kappa shape index (κ3) is 1.41. The van der Waals surface area contributed by atoms with Crippen LogP contribution in [0, 0.1) is 0 Å². The molecule has 0 amide bonds. The molecule has 1 heterocycles. The van der Waals surface area contributed by atoms with Crippen molar-refractivity contribution in [2.24, 2.45) is 10.1 Å². The normalized spacial score (nSPS) is 16.7. The standard InChI is InChI=1S/C9H8N2O4S/c10-4-5-2-1-3-6-7(5)8(9(12)13)11-16(6,14)15/h1-3H,4,10H2,(H,12,13). The molecule has 84 valence electrons. The molecule has 0 atom stereocenters. The van der Waals surface area contributed by atoms with Crippen molar-refractivity contribution in [2.75, 3.05) is 0 Å². The summed E-state index contributed by atoms with van der Waals surface area (Å²) in [6.07, 6.45) is 0. The lowest BCUT2D eigenvalue weighted by Crippen LogP contribution is -2.15. The zero-order valence-electron chi connectivity index (χ0n) is 8.04. The average Bonchev–Trinajstić information content (AvgIpc) is 2.51. The summed E-state index contributed by atoms with van der Waals surface area (Å²) in [5.74, 6) is -1.37. The van der Waals surface area contributed by atoms with E-state index in [1.54, 1.807) is 6.07 Å². The van der Waals surface area contributed by atoms with Crippen LogP contribution >= 0.6 is 0 Å². The van der Waals surface area contributed by atoms with Gasteiger partial charge in [0, 0.05) is 12.1 Å². The highest BCUT2D eigenvalue weighted by atomic mass is 32.2. The van der Waals surface area contributed by atoms with E-state index in [1.165, 1.54) is 12.1 Å². The fraction of sp³-hybridized carbons (Fsp3) is 0.111. The van der Waals surface area contributed by atoms with Crippen molar-refractivity contribution >= 4 is 21.7 Å². The highest BCUT2D eigenvalue weighted by molar-refractivity contribution is 7.90. The number of nitrogens with zero attached hydrogens (tertiary/aromatic N) is 1. The molecule has 1 aromatic carbocycles. The van der Waals surface area contributed by atoms with Crippen LogP contribution in [0.4, 0.5) is 0 Å². The minimum absolute atomic E-state index is 0.0605. The highest BCUT2D eigenvalue weighted by Gasteiger charge is 2.34. The molecule has 3 N–H and O–H groups in total. The van der Waals surface area contributed by atoms with Crippen LogP contribution in [0.3, 0.4) is 0 Å². The van der Waals surface area contributed by atoms with Crippen LogP contribution in [-0.2, 0) is 21.4 Å². The SMILES string of the molecule is NCc1cccc2c1C(C(=O)O)=NS2(=O)=O. The smallest absolute Gasteiger partial charge is 0.356 e. The fourth-order valence-corrected chi connectivity index (χ4v) is 2.84. The molecule has 2 rings (SSSR count). The molecule has 0 unspecified atom stereocenters. The van der Waals surface area contributed by atoms with Crippen molar-refractivity contribution in [3.05, 3.63) is 29.3 Å². The average molecular weight is 240 g/mol. The zero-order valence-corrected chi connectivity index (χ0v) is 8.86. The molecular formula is C9H8N2O4S. The Balaban J connectivity index is 2.83. The van der Waals surface area contributed by atoms with Crippen molar-refractivity contribution in [3.8, 4) is 0 Å². The summed E-state index contributed by atoms with van der Waals surface area (Å²) in [6, 6.07) is 4.42. The molecule has 16 heavy (non-hydrogen) atoms. The van der Waals surface area contributed by atoms with Crippen LogP contribution in [0.25, 0.3) is 0 Å². The van der Waals surface area contributed by atoms with Gasteiger partial charge >= 0.3 is 5.97 Å². The number of carboxylic acid groups (broad SMARTS) is 1. The molecule has 0 aromatic heterocycles. The predicted octanol–water partition coefficient (Wildman–Crippen LogP) is -0.279. The van der Waals surface area contributed by atoms with E-state index in [2.05, 4.69) is 4.40 Å². The molecule has 6 nitrogen and oxygen atoms in total. The first-order valence-electron chi connectivity index (χ1n) is 4.38. The minimum atomic E-state index is -3.88. The van der Waals surface area contributed by atoms with Crippen molar-refractivity contribution in [3.63, 3.8) is 0 Å². The fourth-order valence-electron chi connectivity index (χ4n) is 1.59. The Morgan fingerprint density at radius 1 is 1.44 bits per heavy atom. The van der Waals surface area contributed by atoms with Gasteiger partial charge in [-0.2, -0.15) is 12.8 Å². The van der Waals surface area contributed by atoms with E-state index in [9.17, 15) is 13.2 Å². The van der Waals surface area contributed by atoms with E-state index >= 15 is 0 Å². The Kier molecular flexibility index (Phi) is 2.28. The van der Waals surface area contributed by atoms with Crippen molar-refractivity contribution in [1.29, 1.82) is 0 Å². The maximum atomic E-state index is 11.5. The van der Waals surface area contributed by atoms with Crippen LogP contribution in [0.15, 0.2) is 27.5 Å². The van der Waals surface area contributed by atoms with Gasteiger partial charge in [0.1, 0.15) is 0 Å². The second-order valence-electron chi connectivity index (χ2n) is 3.21. The number of carbonyl (C=O) groups is 1. The second kappa shape index (κ2) is 3.39. The molecule has 0 fully saturated rings. The second-order valence-corrected chi connectivity index (χ2v) is 4.79. The Bertz CT molecular complexity index is 604. The minimum Gasteiger partial charge on any atom is -0.476 e. The van der Waals surface area contributed by atoms with Crippen molar-refractivity contribution in [2.45, 2.75) is 11.4 Å². The number of nitrogens with two attached hydrogens (primary N) is 1. The maximum Gasteiger partial charge on any atom is 0.356 e. The van der Waals surface area contributed by atoms with Crippen molar-refractivity contribution in [1.82, 2.24) is 0 Å². The lowest BCUT2D eigenvalue weighted by molar-refractivity contribution is -0.129. The van der Waals surface area contributed by atoms with Crippen LogP contribution in [-0.4, -0.2) is 25.2 Å². The molecule has 0 radical (unpaired) electrons. The van der Waals surface area contributed by atoms with E-state index < -0.39 is 21.7 Å². The number of rotatable bonds is 2. The third-order valence-electron chi connectivity index (χ3n) is 2.26. The molecule has 1 aliphatic heterocycles. The highest BCUT2D eigenvalue weighted by Crippen LogP contribution is 2.28. The number of fused-ring (bicyclic) bond motifs is 1. The molecule has 0 saturated carbocycles. The molecule has 0 saturated heterocycles. The van der Waals surface area contributed by atoms with E-state index in [0.717, 1.165) is 0 Å². The monoisotopic (exact) mass is 240 g/mol. The number of carboxylic acids is 1. The topological polar surface area (TPSA) is 110 Å². The van der Waals surface area contributed by atoms with Crippen molar-refractivity contribution < 1.29 is 18.3 Å². The van der Waals surface area contributed by atoms with E-state index in [0.29, 0.717) is 5.56 Å². The molecule has 1 aliphatic rings. The van der Waals surface area contributed by atoms with Crippen LogP contribution in [0.2, 0.25) is 0 Å². The summed E-state index contributed by atoms with van der Waals surface area (Å²) in [7, 11) is -3.88. The zero-order chi connectivity index (χ0) is 11.9. The Hall–Kier alpha value is -1.73. The van der Waals surface area contributed by atoms with Gasteiger partial charge in [-0.1, -0.05) is 12.1 Å². The molecule has 0 spiro atoms. The van der Waals surface area contributed by atoms with Gasteiger partial charge in [0.25, 0.3) is 10.0 Å². The predicted molar refractivity (Wildman–Crippen MR) is 55.7 cm³/mol. The Labute approximate surface area is 91.5 Å². The largest absolute Gasteiger partial charge is 0.476 e. The lowest BCUT2D eigenvalue weighted by atomic mass is 10.0. The summed E-state index contributed by atoms with van der Waals surface area (Å²) >= 11 is 0. The van der Waals surface area contributed by atoms with E-state index in [1.807, 2.05) is 0 Å². The number of hydrogen-bond acceptors (Lipinski definition) is 4. The first-order valence-corrected chi connectivity index (χ1v) is 5.82. The maximum absolute atomic E-state index is 11.5. The number of sulfonamides is 1. The molecular weight excluding hydrogens is 232 g/mol. The summed E-state index contributed by atoms with van der Waals surface area (Å²) in [5, 5.41) is 8.88. The Morgan fingerprint density at radius 3 is 2.69 bits per heavy atom. The third-order valence-corrected chi connectivity index (χ3v) is 3.58. The van der Waals surface area contributed by atoms with Gasteiger partial charge in [0.05, 0.1) is 4.90 Å². The number of benzene rings is 1. The molecule has 0 bridgehead atoms. The summed E-state index contributed by atoms with van der Waals surface area (Å²) < 4.78 is 26.3. The van der Waals surface area contributed by atoms with Gasteiger partial charge in [-0.3, -0.25) is 0 Å². The van der Waals surface area contributed by atoms with E-state index in [4.69, 9.17) is 10.8 Å². The molecule has 0 aliphatic carbocycles. The van der Waals surface area contributed by atoms with Crippen LogP contribution in [0.1, 0.15) is 11.1 Å². The molecule has 1 aromatic rings. The quantitative estimate of drug-likeness (QED) is 0.738. The van der Waals surface area contributed by atoms with E-state index in [-0.39, 0.29) is 17.0 Å². The molecule has 7 heteroatoms. The lowest BCUT2D eigenvalue weighted by Gasteiger charge is -2.04. The van der Waals surface area contributed by atoms with Gasteiger partial charge in [-0.25, -0.2) is 4.79 Å². The first-order chi connectivity index (χ1) is 7.47. The summed E-state index contributed by atoms with van der Waals surface area (Å²) in [6.45, 7) is 0.0605.